The molecule has 154 valence electrons. The highest BCUT2D eigenvalue weighted by molar-refractivity contribution is 5.98. The summed E-state index contributed by atoms with van der Waals surface area (Å²) in [6.45, 7) is 1.60. The molecule has 0 atom stereocenters. The van der Waals surface area contributed by atoms with E-state index < -0.39 is 5.97 Å². The quantitative estimate of drug-likeness (QED) is 0.432. The Bertz CT molecular complexity index is 1140. The normalized spacial score (nSPS) is 10.6. The minimum absolute atomic E-state index is 0.0892. The predicted molar refractivity (Wildman–Crippen MR) is 110 cm³/mol. The zero-order valence-corrected chi connectivity index (χ0v) is 16.4. The predicted octanol–water partition coefficient (Wildman–Crippen LogP) is 1.57. The molecule has 0 saturated heterocycles. The number of aromatic nitrogens is 2. The van der Waals surface area contributed by atoms with E-state index in [1.807, 2.05) is 0 Å². The van der Waals surface area contributed by atoms with Crippen LogP contribution < -0.4 is 10.9 Å². The number of aromatic amines is 1. The molecule has 30 heavy (non-hydrogen) atoms. The Kier molecular flexibility index (Phi) is 6.69. The molecule has 2 aromatic carbocycles. The van der Waals surface area contributed by atoms with E-state index in [9.17, 15) is 19.2 Å². The third kappa shape index (κ3) is 5.38. The largest absolute Gasteiger partial charge is 0.457 e. The van der Waals surface area contributed by atoms with E-state index in [0.717, 1.165) is 5.56 Å². The van der Waals surface area contributed by atoms with E-state index >= 15 is 0 Å². The van der Waals surface area contributed by atoms with Gasteiger partial charge in [0.05, 0.1) is 17.5 Å². The van der Waals surface area contributed by atoms with E-state index in [-0.39, 0.29) is 30.3 Å². The third-order valence-corrected chi connectivity index (χ3v) is 4.51. The number of hydrogen-bond acceptors (Lipinski definition) is 6. The third-order valence-electron chi connectivity index (χ3n) is 4.51. The molecule has 1 amide bonds. The number of Topliss-reactive ketones (excluding diaryl/α,β-unsaturated/α-hetero) is 1. The van der Waals surface area contributed by atoms with Crippen molar-refractivity contribution in [3.63, 3.8) is 0 Å². The van der Waals surface area contributed by atoms with Gasteiger partial charge in [-0.2, -0.15) is 5.10 Å². The SMILES string of the molecule is CC(=O)NCCc1ccc(C(=O)COC(=O)Cc2n[nH]c(=O)c3ccccc23)cc1. The molecule has 0 saturated carbocycles. The van der Waals surface area contributed by atoms with E-state index in [2.05, 4.69) is 15.5 Å². The van der Waals surface area contributed by atoms with Crippen LogP contribution in [0, 0.1) is 0 Å². The van der Waals surface area contributed by atoms with Crippen molar-refractivity contribution >= 4 is 28.4 Å². The number of nitrogens with zero attached hydrogens (tertiary/aromatic N) is 1. The standard InChI is InChI=1S/C22H21N3O5/c1-14(26)23-11-10-15-6-8-16(9-7-15)20(27)13-30-21(28)12-19-17-4-2-3-5-18(17)22(29)25-24-19/h2-9H,10-13H2,1H3,(H,23,26)(H,25,29). The Hall–Kier alpha value is -3.81. The van der Waals surface area contributed by atoms with Crippen molar-refractivity contribution in [1.82, 2.24) is 15.5 Å². The second-order valence-corrected chi connectivity index (χ2v) is 6.74. The van der Waals surface area contributed by atoms with Gasteiger partial charge in [-0.3, -0.25) is 19.2 Å². The summed E-state index contributed by atoms with van der Waals surface area (Å²) < 4.78 is 5.09. The monoisotopic (exact) mass is 407 g/mol. The van der Waals surface area contributed by atoms with Crippen LogP contribution in [-0.2, 0) is 27.2 Å². The number of ether oxygens (including phenoxy) is 1. The highest BCUT2D eigenvalue weighted by Gasteiger charge is 2.14. The topological polar surface area (TPSA) is 118 Å². The highest BCUT2D eigenvalue weighted by Crippen LogP contribution is 2.13. The van der Waals surface area contributed by atoms with E-state index in [1.54, 1.807) is 48.5 Å². The van der Waals surface area contributed by atoms with Crippen molar-refractivity contribution < 1.29 is 19.1 Å². The molecule has 2 N–H and O–H groups in total. The summed E-state index contributed by atoms with van der Waals surface area (Å²) in [6, 6.07) is 13.8. The zero-order valence-electron chi connectivity index (χ0n) is 16.4. The van der Waals surface area contributed by atoms with Crippen LogP contribution in [0.15, 0.2) is 53.3 Å². The lowest BCUT2D eigenvalue weighted by Gasteiger charge is -2.07. The van der Waals surface area contributed by atoms with Gasteiger partial charge in [-0.05, 0) is 18.1 Å². The first-order valence-electron chi connectivity index (χ1n) is 9.42. The smallest absolute Gasteiger partial charge is 0.312 e. The maximum Gasteiger partial charge on any atom is 0.312 e. The number of nitrogens with one attached hydrogen (secondary N) is 2. The molecule has 0 radical (unpaired) electrons. The van der Waals surface area contributed by atoms with Crippen LogP contribution in [0.4, 0.5) is 0 Å². The number of hydrogen-bond donors (Lipinski definition) is 2. The molecule has 0 bridgehead atoms. The van der Waals surface area contributed by atoms with Crippen molar-refractivity contribution in [2.45, 2.75) is 19.8 Å². The molecular weight excluding hydrogens is 386 g/mol. The number of esters is 1. The maximum absolute atomic E-state index is 12.3. The van der Waals surface area contributed by atoms with Crippen LogP contribution in [-0.4, -0.2) is 41.0 Å². The zero-order chi connectivity index (χ0) is 21.5. The Balaban J connectivity index is 1.55. The molecule has 1 heterocycles. The van der Waals surface area contributed by atoms with Crippen LogP contribution in [0.5, 0.6) is 0 Å². The van der Waals surface area contributed by atoms with Gasteiger partial charge < -0.3 is 10.1 Å². The van der Waals surface area contributed by atoms with Gasteiger partial charge in [0.1, 0.15) is 0 Å². The van der Waals surface area contributed by atoms with Gasteiger partial charge in [-0.1, -0.05) is 42.5 Å². The van der Waals surface area contributed by atoms with E-state index in [0.29, 0.717) is 35.0 Å². The first kappa shape index (κ1) is 20.9. The van der Waals surface area contributed by atoms with Gasteiger partial charge in [-0.15, -0.1) is 0 Å². The number of fused-ring (bicyclic) bond motifs is 1. The number of H-pyrrole nitrogens is 1. The summed E-state index contributed by atoms with van der Waals surface area (Å²) in [5, 5.41) is 10.0. The van der Waals surface area contributed by atoms with Crippen molar-refractivity contribution in [2.24, 2.45) is 0 Å². The van der Waals surface area contributed by atoms with Gasteiger partial charge in [-0.25, -0.2) is 5.10 Å². The molecule has 8 nitrogen and oxygen atoms in total. The fraction of sp³-hybridized carbons (Fsp3) is 0.227. The molecule has 0 aliphatic carbocycles. The molecule has 3 rings (SSSR count). The number of amides is 1. The van der Waals surface area contributed by atoms with Crippen LogP contribution in [0.2, 0.25) is 0 Å². The Morgan fingerprint density at radius 1 is 1.03 bits per heavy atom. The van der Waals surface area contributed by atoms with E-state index in [4.69, 9.17) is 4.74 Å². The summed E-state index contributed by atoms with van der Waals surface area (Å²) in [5.41, 5.74) is 1.46. The number of rotatable bonds is 8. The van der Waals surface area contributed by atoms with Gasteiger partial charge in [0, 0.05) is 24.4 Å². The van der Waals surface area contributed by atoms with Crippen molar-refractivity contribution in [3.05, 3.63) is 75.7 Å². The van der Waals surface area contributed by atoms with Crippen LogP contribution in [0.3, 0.4) is 0 Å². The second-order valence-electron chi connectivity index (χ2n) is 6.74. The van der Waals surface area contributed by atoms with Gasteiger partial charge >= 0.3 is 5.97 Å². The highest BCUT2D eigenvalue weighted by atomic mass is 16.5. The van der Waals surface area contributed by atoms with Gasteiger partial charge in [0.2, 0.25) is 5.91 Å². The van der Waals surface area contributed by atoms with E-state index in [1.165, 1.54) is 6.92 Å². The average Bonchev–Trinajstić information content (AvgIpc) is 2.74. The Morgan fingerprint density at radius 3 is 2.43 bits per heavy atom. The van der Waals surface area contributed by atoms with Crippen LogP contribution >= 0.6 is 0 Å². The molecule has 0 aliphatic rings. The van der Waals surface area contributed by atoms with Gasteiger partial charge in [0.15, 0.2) is 12.4 Å². The number of ketones is 1. The molecular formula is C22H21N3O5. The maximum atomic E-state index is 12.3. The summed E-state index contributed by atoms with van der Waals surface area (Å²) in [6.07, 6.45) is 0.496. The molecule has 3 aromatic rings. The molecule has 8 heteroatoms. The first-order chi connectivity index (χ1) is 14.4. The van der Waals surface area contributed by atoms with Crippen LogP contribution in [0.1, 0.15) is 28.5 Å². The Labute approximate surface area is 172 Å². The lowest BCUT2D eigenvalue weighted by molar-refractivity contribution is -0.141. The van der Waals surface area contributed by atoms with Crippen molar-refractivity contribution in [2.75, 3.05) is 13.2 Å². The molecule has 0 spiro atoms. The van der Waals surface area contributed by atoms with Crippen molar-refractivity contribution in [3.8, 4) is 0 Å². The molecule has 1 aromatic heterocycles. The van der Waals surface area contributed by atoms with Crippen molar-refractivity contribution in [1.29, 1.82) is 0 Å². The number of carbonyl (C=O) groups is 3. The molecule has 0 aliphatic heterocycles. The molecule has 0 fully saturated rings. The first-order valence-corrected chi connectivity index (χ1v) is 9.42. The Morgan fingerprint density at radius 2 is 1.73 bits per heavy atom. The average molecular weight is 407 g/mol. The fourth-order valence-electron chi connectivity index (χ4n) is 2.96. The summed E-state index contributed by atoms with van der Waals surface area (Å²) in [4.78, 5) is 47.1. The molecule has 0 unspecified atom stereocenters. The van der Waals surface area contributed by atoms with Crippen LogP contribution in [0.25, 0.3) is 10.8 Å². The number of benzene rings is 2. The van der Waals surface area contributed by atoms with Gasteiger partial charge in [0.25, 0.3) is 5.56 Å². The minimum atomic E-state index is -0.611. The number of carbonyl (C=O) groups excluding carboxylic acids is 3. The fourth-order valence-corrected chi connectivity index (χ4v) is 2.96. The summed E-state index contributed by atoms with van der Waals surface area (Å²) in [7, 11) is 0. The minimum Gasteiger partial charge on any atom is -0.457 e. The summed E-state index contributed by atoms with van der Waals surface area (Å²) in [5.74, 6) is -1.02. The second kappa shape index (κ2) is 9.60. The summed E-state index contributed by atoms with van der Waals surface area (Å²) >= 11 is 0. The lowest BCUT2D eigenvalue weighted by Crippen LogP contribution is -2.22. The lowest BCUT2D eigenvalue weighted by atomic mass is 10.1.